The third-order valence-electron chi connectivity index (χ3n) is 1.73. The van der Waals surface area contributed by atoms with E-state index in [0.29, 0.717) is 0 Å². The maximum atomic E-state index is 5.10. The molecule has 0 aliphatic carbocycles. The minimum absolute atomic E-state index is 0.839. The summed E-state index contributed by atoms with van der Waals surface area (Å²) >= 11 is 0. The zero-order valence-corrected chi connectivity index (χ0v) is 6.82. The average molecular weight is 159 g/mol. The molecule has 0 unspecified atom stereocenters. The van der Waals surface area contributed by atoms with Crippen molar-refractivity contribution in [2.24, 2.45) is 0 Å². The van der Waals surface area contributed by atoms with Gasteiger partial charge in [0.15, 0.2) is 5.58 Å². The summed E-state index contributed by atoms with van der Waals surface area (Å²) in [4.78, 5) is 0. The summed E-state index contributed by atoms with van der Waals surface area (Å²) in [6.07, 6.45) is 3.89. The van der Waals surface area contributed by atoms with Crippen LogP contribution in [0, 0.1) is 0 Å². The number of fused-ring (bicyclic) bond motifs is 1. The normalized spacial score (nSPS) is 11.4. The number of benzene rings is 1. The first-order chi connectivity index (χ1) is 5.92. The number of aromatic nitrogens is 1. The van der Waals surface area contributed by atoms with Crippen LogP contribution in [0.4, 0.5) is 0 Å². The fourth-order valence-electron chi connectivity index (χ4n) is 1.18. The van der Waals surface area contributed by atoms with E-state index in [-0.39, 0.29) is 0 Å². The Balaban J connectivity index is 2.70. The summed E-state index contributed by atoms with van der Waals surface area (Å²) in [5.41, 5.74) is 1.73. The van der Waals surface area contributed by atoms with Gasteiger partial charge in [-0.2, -0.15) is 0 Å². The number of hydrogen-bond acceptors (Lipinski definition) is 2. The van der Waals surface area contributed by atoms with Crippen LogP contribution in [0.1, 0.15) is 12.6 Å². The summed E-state index contributed by atoms with van der Waals surface area (Å²) in [5.74, 6) is 0. The van der Waals surface area contributed by atoms with Crippen molar-refractivity contribution < 1.29 is 4.52 Å². The second-order valence-corrected chi connectivity index (χ2v) is 2.56. The van der Waals surface area contributed by atoms with E-state index in [4.69, 9.17) is 4.52 Å². The Bertz CT molecular complexity index is 414. The maximum Gasteiger partial charge on any atom is 0.167 e. The zero-order chi connectivity index (χ0) is 8.39. The molecular formula is C10H9NO. The first kappa shape index (κ1) is 7.10. The molecule has 1 heterocycles. The quantitative estimate of drug-likeness (QED) is 0.639. The van der Waals surface area contributed by atoms with Gasteiger partial charge in [0.2, 0.25) is 0 Å². The van der Waals surface area contributed by atoms with Crippen LogP contribution in [-0.2, 0) is 0 Å². The third kappa shape index (κ3) is 1.01. The predicted molar refractivity (Wildman–Crippen MR) is 48.7 cm³/mol. The van der Waals surface area contributed by atoms with E-state index < -0.39 is 0 Å². The highest BCUT2D eigenvalue weighted by Gasteiger charge is 2.01. The highest BCUT2D eigenvalue weighted by atomic mass is 16.5. The lowest BCUT2D eigenvalue weighted by molar-refractivity contribution is 0.454. The summed E-state index contributed by atoms with van der Waals surface area (Å²) in [5, 5.41) is 4.99. The van der Waals surface area contributed by atoms with Gasteiger partial charge in [-0.25, -0.2) is 0 Å². The highest BCUT2D eigenvalue weighted by Crippen LogP contribution is 2.18. The Morgan fingerprint density at radius 2 is 2.17 bits per heavy atom. The van der Waals surface area contributed by atoms with E-state index >= 15 is 0 Å². The third-order valence-corrected chi connectivity index (χ3v) is 1.73. The molecule has 2 aromatic rings. The van der Waals surface area contributed by atoms with Crippen molar-refractivity contribution in [2.45, 2.75) is 6.92 Å². The predicted octanol–water partition coefficient (Wildman–Crippen LogP) is 2.86. The Hall–Kier alpha value is -1.57. The standard InChI is InChI=1S/C10H9NO/c1-2-5-9-8-6-3-4-7-10(8)12-11-9/h2-7H,1H3. The molecule has 0 saturated carbocycles. The molecule has 0 amide bonds. The van der Waals surface area contributed by atoms with Gasteiger partial charge in [-0.05, 0) is 25.1 Å². The largest absolute Gasteiger partial charge is 0.356 e. The van der Waals surface area contributed by atoms with E-state index in [0.717, 1.165) is 16.7 Å². The average Bonchev–Trinajstić information content (AvgIpc) is 2.50. The van der Waals surface area contributed by atoms with Crippen LogP contribution >= 0.6 is 0 Å². The fraction of sp³-hybridized carbons (Fsp3) is 0.100. The van der Waals surface area contributed by atoms with Gasteiger partial charge in [0.05, 0.1) is 0 Å². The van der Waals surface area contributed by atoms with E-state index in [2.05, 4.69) is 5.16 Å². The topological polar surface area (TPSA) is 26.0 Å². The number of rotatable bonds is 1. The summed E-state index contributed by atoms with van der Waals surface area (Å²) < 4.78 is 5.10. The van der Waals surface area contributed by atoms with Crippen molar-refractivity contribution in [3.63, 3.8) is 0 Å². The van der Waals surface area contributed by atoms with Crippen molar-refractivity contribution in [1.82, 2.24) is 5.16 Å². The maximum absolute atomic E-state index is 5.10. The van der Waals surface area contributed by atoms with Crippen LogP contribution in [0.5, 0.6) is 0 Å². The van der Waals surface area contributed by atoms with Crippen LogP contribution < -0.4 is 0 Å². The minimum Gasteiger partial charge on any atom is -0.356 e. The van der Waals surface area contributed by atoms with Crippen molar-refractivity contribution in [1.29, 1.82) is 0 Å². The van der Waals surface area contributed by atoms with E-state index in [1.54, 1.807) is 0 Å². The van der Waals surface area contributed by atoms with Crippen LogP contribution in [-0.4, -0.2) is 5.16 Å². The Kier molecular flexibility index (Phi) is 1.67. The number of allylic oxidation sites excluding steroid dienone is 1. The van der Waals surface area contributed by atoms with Crippen LogP contribution in [0.25, 0.3) is 17.0 Å². The van der Waals surface area contributed by atoms with Crippen LogP contribution in [0.3, 0.4) is 0 Å². The van der Waals surface area contributed by atoms with Crippen molar-refractivity contribution >= 4 is 17.0 Å². The summed E-state index contributed by atoms with van der Waals surface area (Å²) in [6, 6.07) is 7.83. The van der Waals surface area contributed by atoms with Gasteiger partial charge in [0.25, 0.3) is 0 Å². The lowest BCUT2D eigenvalue weighted by Crippen LogP contribution is -1.69. The van der Waals surface area contributed by atoms with Gasteiger partial charge >= 0.3 is 0 Å². The summed E-state index contributed by atoms with van der Waals surface area (Å²) in [6.45, 7) is 1.96. The Morgan fingerprint density at radius 3 is 3.00 bits per heavy atom. The lowest BCUT2D eigenvalue weighted by Gasteiger charge is -1.84. The smallest absolute Gasteiger partial charge is 0.167 e. The molecule has 1 aromatic heterocycles. The van der Waals surface area contributed by atoms with Gasteiger partial charge in [0.1, 0.15) is 5.69 Å². The zero-order valence-electron chi connectivity index (χ0n) is 6.82. The van der Waals surface area contributed by atoms with Gasteiger partial charge < -0.3 is 4.52 Å². The molecular weight excluding hydrogens is 150 g/mol. The first-order valence-electron chi connectivity index (χ1n) is 3.89. The van der Waals surface area contributed by atoms with Crippen molar-refractivity contribution in [3.05, 3.63) is 36.0 Å². The van der Waals surface area contributed by atoms with Crippen molar-refractivity contribution in [3.8, 4) is 0 Å². The number of nitrogens with zero attached hydrogens (tertiary/aromatic N) is 1. The first-order valence-corrected chi connectivity index (χ1v) is 3.89. The van der Waals surface area contributed by atoms with E-state index in [1.807, 2.05) is 43.3 Å². The minimum atomic E-state index is 0.839. The van der Waals surface area contributed by atoms with Crippen LogP contribution in [0.15, 0.2) is 34.9 Å². The van der Waals surface area contributed by atoms with Gasteiger partial charge in [0, 0.05) is 5.39 Å². The van der Waals surface area contributed by atoms with Gasteiger partial charge in [-0.3, -0.25) is 0 Å². The highest BCUT2D eigenvalue weighted by molar-refractivity contribution is 5.84. The summed E-state index contributed by atoms with van der Waals surface area (Å²) in [7, 11) is 0. The van der Waals surface area contributed by atoms with E-state index in [9.17, 15) is 0 Å². The Morgan fingerprint density at radius 1 is 1.33 bits per heavy atom. The SMILES string of the molecule is CC=Cc1noc2ccccc12. The molecule has 0 aliphatic heterocycles. The molecule has 0 fully saturated rings. The molecule has 0 N–H and O–H groups in total. The fourth-order valence-corrected chi connectivity index (χ4v) is 1.18. The lowest BCUT2D eigenvalue weighted by atomic mass is 10.2. The number of para-hydroxylation sites is 1. The molecule has 12 heavy (non-hydrogen) atoms. The molecule has 0 bridgehead atoms. The molecule has 0 atom stereocenters. The Labute approximate surface area is 70.5 Å². The second-order valence-electron chi connectivity index (χ2n) is 2.56. The van der Waals surface area contributed by atoms with Crippen molar-refractivity contribution in [2.75, 3.05) is 0 Å². The molecule has 0 aliphatic rings. The van der Waals surface area contributed by atoms with Gasteiger partial charge in [-0.15, -0.1) is 0 Å². The molecule has 0 spiro atoms. The monoisotopic (exact) mass is 159 g/mol. The van der Waals surface area contributed by atoms with Crippen LogP contribution in [0.2, 0.25) is 0 Å². The number of hydrogen-bond donors (Lipinski definition) is 0. The second kappa shape index (κ2) is 2.81. The molecule has 2 heteroatoms. The molecule has 0 radical (unpaired) electrons. The molecule has 2 nitrogen and oxygen atoms in total. The van der Waals surface area contributed by atoms with E-state index in [1.165, 1.54) is 0 Å². The molecule has 60 valence electrons. The molecule has 0 saturated heterocycles. The van der Waals surface area contributed by atoms with Gasteiger partial charge in [-0.1, -0.05) is 23.4 Å². The molecule has 2 rings (SSSR count). The molecule has 1 aromatic carbocycles.